The van der Waals surface area contributed by atoms with Crippen molar-refractivity contribution in [3.63, 3.8) is 0 Å². The Morgan fingerprint density at radius 2 is 2.10 bits per heavy atom. The topological polar surface area (TPSA) is 88.7 Å². The number of anilines is 1. The van der Waals surface area contributed by atoms with E-state index in [-0.39, 0.29) is 31.5 Å². The fraction of sp³-hybridized carbons (Fsp3) is 0.500. The zero-order valence-electron chi connectivity index (χ0n) is 17.8. The van der Waals surface area contributed by atoms with E-state index in [0.29, 0.717) is 16.9 Å². The van der Waals surface area contributed by atoms with Crippen molar-refractivity contribution in [1.82, 2.24) is 5.32 Å². The van der Waals surface area contributed by atoms with Gasteiger partial charge in [0.25, 0.3) is 0 Å². The molecule has 2 unspecified atom stereocenters. The van der Waals surface area contributed by atoms with Gasteiger partial charge in [0.15, 0.2) is 0 Å². The molecular weight excluding hydrogens is 409 g/mol. The summed E-state index contributed by atoms with van der Waals surface area (Å²) in [5, 5.41) is 21.8. The summed E-state index contributed by atoms with van der Waals surface area (Å²) in [6, 6.07) is 4.36. The third-order valence-corrected chi connectivity index (χ3v) is 5.02. The number of allylic oxidation sites excluding steroid dienone is 1. The minimum absolute atomic E-state index is 0.150. The second-order valence-electron chi connectivity index (χ2n) is 8.30. The molecule has 6 nitrogen and oxygen atoms in total. The number of rotatable bonds is 6. The van der Waals surface area contributed by atoms with Crippen LogP contribution < -0.4 is 10.2 Å². The average molecular weight is 436 g/mol. The first-order valence-electron chi connectivity index (χ1n) is 9.89. The number of aliphatic hydroxyl groups is 1. The third kappa shape index (κ3) is 6.31. The van der Waals surface area contributed by atoms with Gasteiger partial charge in [0.05, 0.1) is 29.2 Å². The van der Waals surface area contributed by atoms with E-state index in [2.05, 4.69) is 17.0 Å². The molecule has 1 heterocycles. The lowest BCUT2D eigenvalue weighted by Crippen LogP contribution is -2.54. The van der Waals surface area contributed by atoms with Crippen LogP contribution in [0.1, 0.15) is 44.7 Å². The predicted octanol–water partition coefficient (Wildman–Crippen LogP) is 3.96. The maximum atomic E-state index is 13.7. The second kappa shape index (κ2) is 9.52. The van der Waals surface area contributed by atoms with Crippen LogP contribution in [-0.4, -0.2) is 48.6 Å². The Bertz CT molecular complexity index is 898. The molecule has 1 aliphatic heterocycles. The number of nitriles is 1. The van der Waals surface area contributed by atoms with Crippen molar-refractivity contribution < 1.29 is 23.1 Å². The molecule has 31 heavy (non-hydrogen) atoms. The zero-order valence-corrected chi connectivity index (χ0v) is 17.8. The highest BCUT2D eigenvalue weighted by molar-refractivity contribution is 5.82. The molecule has 0 aliphatic carbocycles. The Morgan fingerprint density at radius 1 is 1.42 bits per heavy atom. The molecule has 1 aliphatic rings. The van der Waals surface area contributed by atoms with Crippen molar-refractivity contribution in [2.45, 2.75) is 51.4 Å². The molecule has 168 valence electrons. The van der Waals surface area contributed by atoms with Gasteiger partial charge in [0.2, 0.25) is 5.91 Å². The van der Waals surface area contributed by atoms with Gasteiger partial charge in [-0.1, -0.05) is 12.2 Å². The molecule has 0 radical (unpaired) electrons. The number of hydrogen-bond acceptors (Lipinski definition) is 5. The van der Waals surface area contributed by atoms with Crippen molar-refractivity contribution in [1.29, 1.82) is 5.26 Å². The second-order valence-corrected chi connectivity index (χ2v) is 8.30. The van der Waals surface area contributed by atoms with Crippen molar-refractivity contribution >= 4 is 30.1 Å². The number of carbonyl (C=O) groups is 1. The molecule has 2 rings (SSSR count). The van der Waals surface area contributed by atoms with Gasteiger partial charge in [-0.05, 0) is 46.0 Å². The van der Waals surface area contributed by atoms with Gasteiger partial charge < -0.3 is 15.3 Å². The zero-order chi connectivity index (χ0) is 23.4. The highest BCUT2D eigenvalue weighted by atomic mass is 19.4. The number of aliphatic imine (C=N–C) groups is 1. The number of alkyl halides is 3. The molecular formula is C22H27F3N4O2. The van der Waals surface area contributed by atoms with E-state index in [9.17, 15) is 28.3 Å². The fourth-order valence-corrected chi connectivity index (χ4v) is 3.77. The molecule has 1 aromatic rings. The molecule has 1 fully saturated rings. The van der Waals surface area contributed by atoms with Crippen LogP contribution in [-0.2, 0) is 4.79 Å². The highest BCUT2D eigenvalue weighted by Gasteiger charge is 2.45. The smallest absolute Gasteiger partial charge is 0.390 e. The summed E-state index contributed by atoms with van der Waals surface area (Å²) in [6.45, 7) is 8.04. The molecule has 0 spiro atoms. The molecule has 1 saturated heterocycles. The maximum Gasteiger partial charge on any atom is 0.393 e. The van der Waals surface area contributed by atoms with E-state index >= 15 is 0 Å². The number of hydrogen-bond donors (Lipinski definition) is 2. The van der Waals surface area contributed by atoms with E-state index < -0.39 is 29.6 Å². The van der Waals surface area contributed by atoms with Crippen LogP contribution in [0.2, 0.25) is 0 Å². The standard InChI is InChI=1S/C22H27F3N4O2/c1-5-6-17-18(8-7-14(11-26)20(17)27-4)29-12-15(22(23,24)25)9-16(13-29)28-19(30)10-21(2,3)31/h5-8,15-16,31H,4,9-10,12-13H2,1-3H3,(H,28,30)/b6-5-. The van der Waals surface area contributed by atoms with Gasteiger partial charge in [0.1, 0.15) is 6.07 Å². The molecule has 2 N–H and O–H groups in total. The van der Waals surface area contributed by atoms with Crippen LogP contribution in [0.15, 0.2) is 23.2 Å². The van der Waals surface area contributed by atoms with E-state index in [1.807, 2.05) is 6.07 Å². The molecule has 0 aromatic heterocycles. The summed E-state index contributed by atoms with van der Waals surface area (Å²) < 4.78 is 41.0. The summed E-state index contributed by atoms with van der Waals surface area (Å²) in [5.74, 6) is -2.16. The van der Waals surface area contributed by atoms with E-state index in [1.165, 1.54) is 19.9 Å². The van der Waals surface area contributed by atoms with Crippen molar-refractivity contribution in [3.05, 3.63) is 29.3 Å². The summed E-state index contributed by atoms with van der Waals surface area (Å²) >= 11 is 0. The van der Waals surface area contributed by atoms with Gasteiger partial charge in [-0.3, -0.25) is 9.79 Å². The highest BCUT2D eigenvalue weighted by Crippen LogP contribution is 2.39. The van der Waals surface area contributed by atoms with Crippen LogP contribution in [0, 0.1) is 17.2 Å². The van der Waals surface area contributed by atoms with Crippen molar-refractivity contribution in [2.24, 2.45) is 10.9 Å². The Kier molecular flexibility index (Phi) is 7.49. The molecule has 1 amide bonds. The van der Waals surface area contributed by atoms with Gasteiger partial charge in [-0.25, -0.2) is 0 Å². The van der Waals surface area contributed by atoms with Gasteiger partial charge in [-0.2, -0.15) is 18.4 Å². The van der Waals surface area contributed by atoms with Crippen LogP contribution in [0.5, 0.6) is 0 Å². The minimum atomic E-state index is -4.44. The molecule has 2 atom stereocenters. The number of halogens is 3. The van der Waals surface area contributed by atoms with Crippen LogP contribution >= 0.6 is 0 Å². The Balaban J connectivity index is 2.44. The summed E-state index contributed by atoms with van der Waals surface area (Å²) in [7, 11) is 0. The van der Waals surface area contributed by atoms with Gasteiger partial charge in [-0.15, -0.1) is 0 Å². The predicted molar refractivity (Wildman–Crippen MR) is 114 cm³/mol. The molecule has 1 aromatic carbocycles. The van der Waals surface area contributed by atoms with Gasteiger partial charge in [0, 0.05) is 30.4 Å². The number of carbonyl (C=O) groups excluding carboxylic acids is 1. The summed E-state index contributed by atoms with van der Waals surface area (Å²) in [5.41, 5.74) is 0.288. The quantitative estimate of drug-likeness (QED) is 0.661. The number of piperidine rings is 1. The largest absolute Gasteiger partial charge is 0.393 e. The first-order chi connectivity index (χ1) is 14.4. The minimum Gasteiger partial charge on any atom is -0.390 e. The van der Waals surface area contributed by atoms with Crippen LogP contribution in [0.3, 0.4) is 0 Å². The fourth-order valence-electron chi connectivity index (χ4n) is 3.77. The number of amides is 1. The lowest BCUT2D eigenvalue weighted by atomic mass is 9.91. The number of nitrogens with one attached hydrogen (secondary N) is 1. The number of benzene rings is 1. The SMILES string of the molecule is C=Nc1c(C#N)ccc(N2CC(NC(=O)CC(C)(C)O)CC(C(F)(F)F)C2)c1/C=C\C. The van der Waals surface area contributed by atoms with E-state index in [1.54, 1.807) is 30.0 Å². The van der Waals surface area contributed by atoms with E-state index in [0.717, 1.165) is 0 Å². The monoisotopic (exact) mass is 436 g/mol. The molecule has 9 heteroatoms. The molecule has 0 saturated carbocycles. The normalized spacial score (nSPS) is 19.9. The lowest BCUT2D eigenvalue weighted by molar-refractivity contribution is -0.178. The first kappa shape index (κ1) is 24.4. The number of nitrogens with zero attached hydrogens (tertiary/aromatic N) is 3. The van der Waals surface area contributed by atoms with Crippen molar-refractivity contribution in [3.8, 4) is 6.07 Å². The van der Waals surface area contributed by atoms with Crippen LogP contribution in [0.25, 0.3) is 6.08 Å². The third-order valence-electron chi connectivity index (χ3n) is 5.02. The summed E-state index contributed by atoms with van der Waals surface area (Å²) in [4.78, 5) is 17.7. The summed E-state index contributed by atoms with van der Waals surface area (Å²) in [6.07, 6.45) is -1.52. The Morgan fingerprint density at radius 3 is 2.61 bits per heavy atom. The van der Waals surface area contributed by atoms with Crippen molar-refractivity contribution in [2.75, 3.05) is 18.0 Å². The van der Waals surface area contributed by atoms with Gasteiger partial charge >= 0.3 is 6.18 Å². The Labute approximate surface area is 180 Å². The average Bonchev–Trinajstić information content (AvgIpc) is 2.65. The van der Waals surface area contributed by atoms with E-state index in [4.69, 9.17) is 0 Å². The Hall–Kier alpha value is -2.86. The maximum absolute atomic E-state index is 13.7. The lowest BCUT2D eigenvalue weighted by Gasteiger charge is -2.41. The van der Waals surface area contributed by atoms with Crippen LogP contribution in [0.4, 0.5) is 24.5 Å². The molecule has 0 bridgehead atoms. The first-order valence-corrected chi connectivity index (χ1v) is 9.89.